The van der Waals surface area contributed by atoms with Crippen LogP contribution in [0.4, 0.5) is 0 Å². The molecule has 0 aromatic heterocycles. The predicted octanol–water partition coefficient (Wildman–Crippen LogP) is 3.30. The van der Waals surface area contributed by atoms with E-state index in [0.29, 0.717) is 6.54 Å². The summed E-state index contributed by atoms with van der Waals surface area (Å²) in [4.78, 5) is 0. The van der Waals surface area contributed by atoms with E-state index in [1.807, 2.05) is 68.4 Å². The number of hydrogen-bond donors (Lipinski definition) is 2. The molecule has 112 valence electrons. The van der Waals surface area contributed by atoms with E-state index in [0.717, 1.165) is 17.9 Å². The van der Waals surface area contributed by atoms with E-state index in [9.17, 15) is 5.11 Å². The third kappa shape index (κ3) is 5.21. The van der Waals surface area contributed by atoms with Crippen LogP contribution in [0.25, 0.3) is 0 Å². The summed E-state index contributed by atoms with van der Waals surface area (Å²) in [6.07, 6.45) is -0.287. The second-order valence-corrected chi connectivity index (χ2v) is 5.37. The Balaban J connectivity index is 1.78. The van der Waals surface area contributed by atoms with Crippen molar-refractivity contribution in [3.8, 4) is 5.75 Å². The first-order valence-corrected chi connectivity index (χ1v) is 7.34. The molecule has 1 unspecified atom stereocenters. The Bertz CT molecular complexity index is 523. The molecule has 2 aromatic rings. The van der Waals surface area contributed by atoms with Crippen LogP contribution in [0.3, 0.4) is 0 Å². The minimum atomic E-state index is -0.477. The zero-order valence-electron chi connectivity index (χ0n) is 12.6. The Morgan fingerprint density at radius 3 is 2.29 bits per heavy atom. The molecular formula is C18H23NO2. The molecule has 0 spiro atoms. The summed E-state index contributed by atoms with van der Waals surface area (Å²) in [6.45, 7) is 5.29. The summed E-state index contributed by atoms with van der Waals surface area (Å²) in [5, 5.41) is 13.3. The van der Waals surface area contributed by atoms with Crippen LogP contribution in [0, 0.1) is 0 Å². The summed E-state index contributed by atoms with van der Waals surface area (Å²) >= 11 is 0. The van der Waals surface area contributed by atoms with Crippen LogP contribution < -0.4 is 10.1 Å². The molecule has 0 saturated carbocycles. The minimum absolute atomic E-state index is 0.190. The van der Waals surface area contributed by atoms with Gasteiger partial charge < -0.3 is 15.2 Å². The van der Waals surface area contributed by atoms with Gasteiger partial charge in [-0.05, 0) is 37.1 Å². The topological polar surface area (TPSA) is 41.5 Å². The zero-order chi connectivity index (χ0) is 15.1. The largest absolute Gasteiger partial charge is 0.491 e. The van der Waals surface area contributed by atoms with Crippen LogP contribution in [0.5, 0.6) is 5.75 Å². The fourth-order valence-corrected chi connectivity index (χ4v) is 2.10. The van der Waals surface area contributed by atoms with Crippen LogP contribution >= 0.6 is 0 Å². The highest BCUT2D eigenvalue weighted by Crippen LogP contribution is 2.14. The lowest BCUT2D eigenvalue weighted by atomic mass is 10.1. The molecule has 0 saturated heterocycles. The average Bonchev–Trinajstić information content (AvgIpc) is 2.49. The summed E-state index contributed by atoms with van der Waals surface area (Å²) in [6, 6.07) is 17.7. The van der Waals surface area contributed by atoms with Crippen LogP contribution in [0.2, 0.25) is 0 Å². The van der Waals surface area contributed by atoms with Gasteiger partial charge in [0.1, 0.15) is 5.75 Å². The van der Waals surface area contributed by atoms with Crippen molar-refractivity contribution in [3.63, 3.8) is 0 Å². The van der Waals surface area contributed by atoms with Crippen molar-refractivity contribution in [2.75, 3.05) is 6.54 Å². The van der Waals surface area contributed by atoms with Gasteiger partial charge in [-0.15, -0.1) is 0 Å². The Labute approximate surface area is 126 Å². The van der Waals surface area contributed by atoms with E-state index in [1.54, 1.807) is 0 Å². The van der Waals surface area contributed by atoms with Gasteiger partial charge in [0, 0.05) is 13.1 Å². The number of aliphatic hydroxyl groups excluding tert-OH is 1. The first-order valence-electron chi connectivity index (χ1n) is 7.34. The van der Waals surface area contributed by atoms with E-state index in [4.69, 9.17) is 4.74 Å². The first-order chi connectivity index (χ1) is 10.1. The monoisotopic (exact) mass is 285 g/mol. The van der Waals surface area contributed by atoms with Gasteiger partial charge in [0.05, 0.1) is 12.2 Å². The van der Waals surface area contributed by atoms with Crippen molar-refractivity contribution in [3.05, 3.63) is 65.7 Å². The second-order valence-electron chi connectivity index (χ2n) is 5.37. The summed E-state index contributed by atoms with van der Waals surface area (Å²) in [5.41, 5.74) is 2.11. The molecular weight excluding hydrogens is 262 g/mol. The molecule has 0 aliphatic rings. The Morgan fingerprint density at radius 2 is 1.67 bits per heavy atom. The third-order valence-corrected chi connectivity index (χ3v) is 3.15. The number of nitrogens with one attached hydrogen (secondary N) is 1. The molecule has 1 atom stereocenters. The van der Waals surface area contributed by atoms with Crippen LogP contribution in [-0.4, -0.2) is 17.8 Å². The van der Waals surface area contributed by atoms with Crippen molar-refractivity contribution >= 4 is 0 Å². The SMILES string of the molecule is CC(C)Oc1ccc(CNCC(O)c2ccccc2)cc1. The smallest absolute Gasteiger partial charge is 0.119 e. The molecule has 2 aromatic carbocycles. The first kappa shape index (κ1) is 15.5. The minimum Gasteiger partial charge on any atom is -0.491 e. The highest BCUT2D eigenvalue weighted by atomic mass is 16.5. The highest BCUT2D eigenvalue weighted by Gasteiger charge is 2.06. The molecule has 0 aliphatic heterocycles. The molecule has 0 radical (unpaired) electrons. The van der Waals surface area contributed by atoms with Crippen LogP contribution in [0.1, 0.15) is 31.1 Å². The molecule has 21 heavy (non-hydrogen) atoms. The van der Waals surface area contributed by atoms with Crippen molar-refractivity contribution < 1.29 is 9.84 Å². The zero-order valence-corrected chi connectivity index (χ0v) is 12.6. The van der Waals surface area contributed by atoms with E-state index < -0.39 is 6.10 Å². The van der Waals surface area contributed by atoms with Gasteiger partial charge >= 0.3 is 0 Å². The van der Waals surface area contributed by atoms with Crippen molar-refractivity contribution in [2.24, 2.45) is 0 Å². The number of hydrogen-bond acceptors (Lipinski definition) is 3. The number of rotatable bonds is 7. The standard InChI is InChI=1S/C18H23NO2/c1-14(2)21-17-10-8-15(9-11-17)12-19-13-18(20)16-6-4-3-5-7-16/h3-11,14,18-20H,12-13H2,1-2H3. The molecule has 2 rings (SSSR count). The lowest BCUT2D eigenvalue weighted by molar-refractivity contribution is 0.174. The van der Waals surface area contributed by atoms with Gasteiger partial charge in [-0.3, -0.25) is 0 Å². The lowest BCUT2D eigenvalue weighted by Gasteiger charge is -2.13. The quantitative estimate of drug-likeness (QED) is 0.820. The van der Waals surface area contributed by atoms with E-state index in [2.05, 4.69) is 5.32 Å². The summed E-state index contributed by atoms with van der Waals surface area (Å²) in [5.74, 6) is 0.887. The van der Waals surface area contributed by atoms with Crippen LogP contribution in [0.15, 0.2) is 54.6 Å². The Kier molecular flexibility index (Phi) is 5.78. The lowest BCUT2D eigenvalue weighted by Crippen LogP contribution is -2.21. The molecule has 0 heterocycles. The number of benzene rings is 2. The van der Waals surface area contributed by atoms with Gasteiger partial charge in [0.25, 0.3) is 0 Å². The van der Waals surface area contributed by atoms with E-state index in [-0.39, 0.29) is 6.10 Å². The molecule has 3 nitrogen and oxygen atoms in total. The van der Waals surface area contributed by atoms with Crippen molar-refractivity contribution in [1.82, 2.24) is 5.32 Å². The van der Waals surface area contributed by atoms with E-state index in [1.165, 1.54) is 5.56 Å². The number of ether oxygens (including phenoxy) is 1. The van der Waals surface area contributed by atoms with Gasteiger partial charge in [-0.25, -0.2) is 0 Å². The number of aliphatic hydroxyl groups is 1. The van der Waals surface area contributed by atoms with Gasteiger partial charge in [-0.1, -0.05) is 42.5 Å². The maximum Gasteiger partial charge on any atom is 0.119 e. The molecule has 0 fully saturated rings. The fourth-order valence-electron chi connectivity index (χ4n) is 2.10. The fraction of sp³-hybridized carbons (Fsp3) is 0.333. The van der Waals surface area contributed by atoms with Crippen molar-refractivity contribution in [1.29, 1.82) is 0 Å². The molecule has 3 heteroatoms. The van der Waals surface area contributed by atoms with Gasteiger partial charge in [-0.2, -0.15) is 0 Å². The second kappa shape index (κ2) is 7.81. The maximum atomic E-state index is 10.1. The predicted molar refractivity (Wildman–Crippen MR) is 85.3 cm³/mol. The summed E-state index contributed by atoms with van der Waals surface area (Å²) in [7, 11) is 0. The molecule has 2 N–H and O–H groups in total. The maximum absolute atomic E-state index is 10.1. The average molecular weight is 285 g/mol. The van der Waals surface area contributed by atoms with Gasteiger partial charge in [0.15, 0.2) is 0 Å². The highest BCUT2D eigenvalue weighted by molar-refractivity contribution is 5.27. The molecule has 0 amide bonds. The normalized spacial score (nSPS) is 12.4. The van der Waals surface area contributed by atoms with Crippen LogP contribution in [-0.2, 0) is 6.54 Å². The Morgan fingerprint density at radius 1 is 1.00 bits per heavy atom. The van der Waals surface area contributed by atoms with E-state index >= 15 is 0 Å². The summed E-state index contributed by atoms with van der Waals surface area (Å²) < 4.78 is 5.61. The third-order valence-electron chi connectivity index (χ3n) is 3.15. The van der Waals surface area contributed by atoms with Gasteiger partial charge in [0.2, 0.25) is 0 Å². The Hall–Kier alpha value is -1.84. The molecule has 0 bridgehead atoms. The molecule has 0 aliphatic carbocycles. The van der Waals surface area contributed by atoms with Crippen molar-refractivity contribution in [2.45, 2.75) is 32.6 Å².